The molecule has 0 aliphatic carbocycles. The summed E-state index contributed by atoms with van der Waals surface area (Å²) < 4.78 is 1.88. The van der Waals surface area contributed by atoms with Crippen molar-refractivity contribution in [1.82, 2.24) is 29.6 Å². The number of fused-ring (bicyclic) bond motifs is 1. The van der Waals surface area contributed by atoms with Crippen LogP contribution in [0.2, 0.25) is 0 Å². The molecule has 5 rings (SSSR count). The summed E-state index contributed by atoms with van der Waals surface area (Å²) in [7, 11) is 0. The standard InChI is InChI=1S/C21H20N6/c1-3-17(13-22-9-1)21-24-19-8-12-26(15-20(19)25-21)14-16-4-6-18(7-5-16)27-11-2-10-23-27/h1-7,9-11,13H,8,12,14-15H2,(H,24,25). The number of imidazole rings is 1. The summed E-state index contributed by atoms with van der Waals surface area (Å²) in [6.45, 7) is 2.84. The second-order valence-electron chi connectivity index (χ2n) is 6.83. The molecule has 1 N–H and O–H groups in total. The van der Waals surface area contributed by atoms with E-state index in [-0.39, 0.29) is 0 Å². The average molecular weight is 356 g/mol. The van der Waals surface area contributed by atoms with Gasteiger partial charge in [0.15, 0.2) is 0 Å². The highest BCUT2D eigenvalue weighted by atomic mass is 15.3. The van der Waals surface area contributed by atoms with Crippen molar-refractivity contribution in [2.75, 3.05) is 6.54 Å². The second kappa shape index (κ2) is 6.81. The molecule has 0 saturated carbocycles. The molecule has 6 nitrogen and oxygen atoms in total. The smallest absolute Gasteiger partial charge is 0.139 e. The van der Waals surface area contributed by atoms with Crippen LogP contribution in [0.1, 0.15) is 17.0 Å². The Labute approximate surface area is 157 Å². The third-order valence-electron chi connectivity index (χ3n) is 4.96. The number of aromatic nitrogens is 5. The molecule has 4 aromatic rings. The van der Waals surface area contributed by atoms with Crippen molar-refractivity contribution >= 4 is 0 Å². The molecule has 3 aromatic heterocycles. The van der Waals surface area contributed by atoms with Crippen molar-refractivity contribution in [3.05, 3.63) is 84.2 Å². The second-order valence-corrected chi connectivity index (χ2v) is 6.83. The van der Waals surface area contributed by atoms with E-state index >= 15 is 0 Å². The van der Waals surface area contributed by atoms with Gasteiger partial charge in [-0.05, 0) is 35.9 Å². The highest BCUT2D eigenvalue weighted by Crippen LogP contribution is 2.23. The molecule has 1 aliphatic rings. The molecule has 0 unspecified atom stereocenters. The Balaban J connectivity index is 1.29. The van der Waals surface area contributed by atoms with E-state index in [1.54, 1.807) is 12.4 Å². The van der Waals surface area contributed by atoms with Gasteiger partial charge in [-0.3, -0.25) is 9.88 Å². The fourth-order valence-electron chi connectivity index (χ4n) is 3.56. The van der Waals surface area contributed by atoms with Gasteiger partial charge in [0.05, 0.1) is 17.1 Å². The van der Waals surface area contributed by atoms with Crippen molar-refractivity contribution in [3.8, 4) is 17.1 Å². The van der Waals surface area contributed by atoms with E-state index in [1.807, 2.05) is 35.3 Å². The summed E-state index contributed by atoms with van der Waals surface area (Å²) in [5, 5.41) is 4.27. The van der Waals surface area contributed by atoms with Gasteiger partial charge in [-0.2, -0.15) is 5.10 Å². The zero-order valence-corrected chi connectivity index (χ0v) is 14.9. The molecule has 134 valence electrons. The Bertz CT molecular complexity index is 1020. The number of nitrogens with one attached hydrogen (secondary N) is 1. The first-order valence-electron chi connectivity index (χ1n) is 9.15. The summed E-state index contributed by atoms with van der Waals surface area (Å²) in [5.74, 6) is 0.915. The zero-order chi connectivity index (χ0) is 18.1. The van der Waals surface area contributed by atoms with Crippen molar-refractivity contribution in [1.29, 1.82) is 0 Å². The van der Waals surface area contributed by atoms with E-state index < -0.39 is 0 Å². The van der Waals surface area contributed by atoms with Gasteiger partial charge >= 0.3 is 0 Å². The minimum atomic E-state index is 0.892. The zero-order valence-electron chi connectivity index (χ0n) is 14.9. The van der Waals surface area contributed by atoms with Crippen LogP contribution in [0.4, 0.5) is 0 Å². The van der Waals surface area contributed by atoms with Gasteiger partial charge in [-0.25, -0.2) is 9.67 Å². The van der Waals surface area contributed by atoms with Gasteiger partial charge in [0, 0.05) is 56.4 Å². The van der Waals surface area contributed by atoms with Crippen LogP contribution >= 0.6 is 0 Å². The first-order chi connectivity index (χ1) is 13.3. The predicted molar refractivity (Wildman–Crippen MR) is 103 cm³/mol. The van der Waals surface area contributed by atoms with Gasteiger partial charge in [0.2, 0.25) is 0 Å². The molecule has 0 bridgehead atoms. The Morgan fingerprint density at radius 2 is 1.96 bits per heavy atom. The van der Waals surface area contributed by atoms with Gasteiger partial charge < -0.3 is 4.98 Å². The molecule has 27 heavy (non-hydrogen) atoms. The molecule has 0 radical (unpaired) electrons. The van der Waals surface area contributed by atoms with E-state index in [1.165, 1.54) is 17.0 Å². The molecule has 0 fully saturated rings. The van der Waals surface area contributed by atoms with Gasteiger partial charge in [-0.15, -0.1) is 0 Å². The molecule has 4 heterocycles. The summed E-state index contributed by atoms with van der Waals surface area (Å²) in [5.41, 5.74) is 5.82. The summed E-state index contributed by atoms with van der Waals surface area (Å²) >= 11 is 0. The largest absolute Gasteiger partial charge is 0.340 e. The number of nitrogens with zero attached hydrogens (tertiary/aromatic N) is 5. The molecular weight excluding hydrogens is 336 g/mol. The maximum Gasteiger partial charge on any atom is 0.139 e. The van der Waals surface area contributed by atoms with Crippen LogP contribution in [0.5, 0.6) is 0 Å². The Morgan fingerprint density at radius 3 is 2.74 bits per heavy atom. The van der Waals surface area contributed by atoms with Crippen molar-refractivity contribution < 1.29 is 0 Å². The van der Waals surface area contributed by atoms with E-state index in [0.29, 0.717) is 0 Å². The summed E-state index contributed by atoms with van der Waals surface area (Å²) in [6, 6.07) is 14.5. The lowest BCUT2D eigenvalue weighted by molar-refractivity contribution is 0.241. The van der Waals surface area contributed by atoms with Crippen LogP contribution in [-0.4, -0.2) is 36.2 Å². The number of benzene rings is 1. The minimum absolute atomic E-state index is 0.892. The van der Waals surface area contributed by atoms with Crippen LogP contribution in [0, 0.1) is 0 Å². The fraction of sp³-hybridized carbons (Fsp3) is 0.190. The number of pyridine rings is 1. The van der Waals surface area contributed by atoms with Crippen molar-refractivity contribution in [2.45, 2.75) is 19.5 Å². The van der Waals surface area contributed by atoms with E-state index in [2.05, 4.69) is 44.2 Å². The van der Waals surface area contributed by atoms with Gasteiger partial charge in [0.25, 0.3) is 0 Å². The third kappa shape index (κ3) is 3.27. The lowest BCUT2D eigenvalue weighted by Crippen LogP contribution is -2.30. The van der Waals surface area contributed by atoms with Gasteiger partial charge in [-0.1, -0.05) is 12.1 Å². The fourth-order valence-corrected chi connectivity index (χ4v) is 3.56. The lowest BCUT2D eigenvalue weighted by Gasteiger charge is -2.26. The highest BCUT2D eigenvalue weighted by molar-refractivity contribution is 5.54. The van der Waals surface area contributed by atoms with Crippen molar-refractivity contribution in [2.24, 2.45) is 0 Å². The third-order valence-corrected chi connectivity index (χ3v) is 4.96. The van der Waals surface area contributed by atoms with Crippen LogP contribution in [0.25, 0.3) is 17.1 Å². The molecule has 0 atom stereocenters. The predicted octanol–water partition coefficient (Wildman–Crippen LogP) is 3.22. The minimum Gasteiger partial charge on any atom is -0.340 e. The summed E-state index contributed by atoms with van der Waals surface area (Å²) in [4.78, 5) is 14.9. The number of rotatable bonds is 4. The van der Waals surface area contributed by atoms with Crippen LogP contribution in [0.3, 0.4) is 0 Å². The maximum atomic E-state index is 4.77. The van der Waals surface area contributed by atoms with E-state index in [0.717, 1.165) is 43.1 Å². The van der Waals surface area contributed by atoms with Crippen LogP contribution < -0.4 is 0 Å². The molecule has 1 aliphatic heterocycles. The molecule has 0 spiro atoms. The molecule has 1 aromatic carbocycles. The topological polar surface area (TPSA) is 62.6 Å². The van der Waals surface area contributed by atoms with Gasteiger partial charge in [0.1, 0.15) is 5.82 Å². The monoisotopic (exact) mass is 356 g/mol. The summed E-state index contributed by atoms with van der Waals surface area (Å²) in [6.07, 6.45) is 8.36. The van der Waals surface area contributed by atoms with Crippen LogP contribution in [0.15, 0.2) is 67.3 Å². The van der Waals surface area contributed by atoms with Crippen LogP contribution in [-0.2, 0) is 19.5 Å². The first-order valence-corrected chi connectivity index (χ1v) is 9.15. The number of hydrogen-bond acceptors (Lipinski definition) is 4. The number of aromatic amines is 1. The number of hydrogen-bond donors (Lipinski definition) is 1. The number of H-pyrrole nitrogens is 1. The van der Waals surface area contributed by atoms with E-state index in [9.17, 15) is 0 Å². The average Bonchev–Trinajstić information content (AvgIpc) is 3.39. The molecule has 6 heteroatoms. The van der Waals surface area contributed by atoms with Crippen molar-refractivity contribution in [3.63, 3.8) is 0 Å². The Kier molecular flexibility index (Phi) is 4.03. The SMILES string of the molecule is c1cncc(-c2nc3c([nH]2)CN(Cc2ccc(-n4cccn4)cc2)CC3)c1. The molecule has 0 amide bonds. The lowest BCUT2D eigenvalue weighted by atomic mass is 10.1. The highest BCUT2D eigenvalue weighted by Gasteiger charge is 2.20. The van der Waals surface area contributed by atoms with E-state index in [4.69, 9.17) is 4.98 Å². The Morgan fingerprint density at radius 1 is 1.04 bits per heavy atom. The quantitative estimate of drug-likeness (QED) is 0.610. The Hall–Kier alpha value is -3.25. The molecule has 0 saturated heterocycles. The molecular formula is C21H20N6. The normalized spacial score (nSPS) is 14.2. The first kappa shape index (κ1) is 16.0. The maximum absolute atomic E-state index is 4.77.